The number of nitrogens with one attached hydrogen (secondary N) is 1. The summed E-state index contributed by atoms with van der Waals surface area (Å²) < 4.78 is 0. The predicted molar refractivity (Wildman–Crippen MR) is 73.4 cm³/mol. The van der Waals surface area contributed by atoms with E-state index in [0.29, 0.717) is 6.42 Å². The first-order valence-electron chi connectivity index (χ1n) is 5.83. The Balaban J connectivity index is 2.00. The molecule has 0 spiro atoms. The van der Waals surface area contributed by atoms with Crippen LogP contribution in [0.4, 0.5) is 0 Å². The Kier molecular flexibility index (Phi) is 3.77. The smallest absolute Gasteiger partial charge is 0.225 e. The minimum absolute atomic E-state index is 0.0152. The van der Waals surface area contributed by atoms with Gasteiger partial charge in [0, 0.05) is 11.6 Å². The van der Waals surface area contributed by atoms with Crippen molar-refractivity contribution in [3.8, 4) is 0 Å². The van der Waals surface area contributed by atoms with Crippen LogP contribution in [0.3, 0.4) is 0 Å². The summed E-state index contributed by atoms with van der Waals surface area (Å²) in [4.78, 5) is 16.2. The van der Waals surface area contributed by atoms with Crippen molar-refractivity contribution in [1.29, 1.82) is 0 Å². The lowest BCUT2D eigenvalue weighted by atomic mass is 10.1. The summed E-state index contributed by atoms with van der Waals surface area (Å²) in [7, 11) is 0. The monoisotopic (exact) mass is 260 g/mol. The third-order valence-corrected chi connectivity index (χ3v) is 3.72. The highest BCUT2D eigenvalue weighted by molar-refractivity contribution is 7.09. The van der Waals surface area contributed by atoms with Gasteiger partial charge in [0.05, 0.1) is 12.0 Å². The highest BCUT2D eigenvalue weighted by atomic mass is 32.1. The quantitative estimate of drug-likeness (QED) is 0.918. The first kappa shape index (κ1) is 12.8. The van der Waals surface area contributed by atoms with Crippen LogP contribution in [-0.2, 0) is 16.8 Å². The lowest BCUT2D eigenvalue weighted by molar-refractivity contribution is -0.122. The second kappa shape index (κ2) is 5.31. The Morgan fingerprint density at radius 3 is 2.67 bits per heavy atom. The van der Waals surface area contributed by atoms with Crippen LogP contribution in [0.15, 0.2) is 41.9 Å². The van der Waals surface area contributed by atoms with E-state index in [0.717, 1.165) is 10.6 Å². The zero-order valence-electron chi connectivity index (χ0n) is 10.5. The van der Waals surface area contributed by atoms with Crippen LogP contribution in [0.1, 0.15) is 24.4 Å². The molecule has 0 saturated carbocycles. The molecule has 0 atom stereocenters. The van der Waals surface area contributed by atoms with Gasteiger partial charge in [0.15, 0.2) is 0 Å². The number of hydrogen-bond acceptors (Lipinski definition) is 3. The van der Waals surface area contributed by atoms with Crippen LogP contribution in [0, 0.1) is 0 Å². The molecular weight excluding hydrogens is 244 g/mol. The highest BCUT2D eigenvalue weighted by Crippen LogP contribution is 2.21. The molecular formula is C14H16N2OS. The molecule has 0 unspecified atom stereocenters. The van der Waals surface area contributed by atoms with E-state index in [2.05, 4.69) is 10.3 Å². The number of aromatic nitrogens is 1. The molecule has 3 nitrogen and oxygen atoms in total. The van der Waals surface area contributed by atoms with Gasteiger partial charge in [0.1, 0.15) is 5.01 Å². The Morgan fingerprint density at radius 1 is 1.33 bits per heavy atom. The molecule has 4 heteroatoms. The van der Waals surface area contributed by atoms with Crippen molar-refractivity contribution >= 4 is 17.2 Å². The van der Waals surface area contributed by atoms with Crippen LogP contribution in [-0.4, -0.2) is 10.9 Å². The third kappa shape index (κ3) is 3.17. The van der Waals surface area contributed by atoms with Crippen LogP contribution >= 0.6 is 11.3 Å². The second-order valence-corrected chi connectivity index (χ2v) is 5.57. The molecule has 0 aliphatic carbocycles. The fourth-order valence-electron chi connectivity index (χ4n) is 1.76. The summed E-state index contributed by atoms with van der Waals surface area (Å²) in [6.45, 7) is 3.93. The molecule has 2 aromatic rings. The summed E-state index contributed by atoms with van der Waals surface area (Å²) in [5.41, 5.74) is 0.602. The van der Waals surface area contributed by atoms with Gasteiger partial charge in [-0.1, -0.05) is 30.3 Å². The number of carbonyl (C=O) groups excluding carboxylic acids is 1. The van der Waals surface area contributed by atoms with E-state index < -0.39 is 5.54 Å². The predicted octanol–water partition coefficient (Wildman–Crippen LogP) is 2.74. The highest BCUT2D eigenvalue weighted by Gasteiger charge is 2.25. The number of benzene rings is 1. The molecule has 0 radical (unpaired) electrons. The van der Waals surface area contributed by atoms with Gasteiger partial charge in [-0.25, -0.2) is 4.98 Å². The number of amides is 1. The molecule has 1 aromatic carbocycles. The molecule has 1 heterocycles. The minimum atomic E-state index is -0.417. The van der Waals surface area contributed by atoms with Gasteiger partial charge in [-0.2, -0.15) is 0 Å². The molecule has 0 aliphatic heterocycles. The van der Waals surface area contributed by atoms with Crippen LogP contribution in [0.5, 0.6) is 0 Å². The zero-order valence-corrected chi connectivity index (χ0v) is 11.3. The number of thiazole rings is 1. The zero-order chi connectivity index (χ0) is 13.0. The molecule has 0 aliphatic rings. The molecule has 94 valence electrons. The molecule has 1 amide bonds. The van der Waals surface area contributed by atoms with Crippen molar-refractivity contribution < 1.29 is 4.79 Å². The molecule has 0 bridgehead atoms. The molecule has 0 saturated heterocycles. The summed E-state index contributed by atoms with van der Waals surface area (Å²) in [6, 6.07) is 9.73. The third-order valence-electron chi connectivity index (χ3n) is 2.63. The van der Waals surface area contributed by atoms with E-state index in [1.807, 2.05) is 49.6 Å². The Hall–Kier alpha value is -1.68. The van der Waals surface area contributed by atoms with E-state index in [9.17, 15) is 4.79 Å². The summed E-state index contributed by atoms with van der Waals surface area (Å²) in [5, 5.41) is 5.85. The van der Waals surface area contributed by atoms with Crippen LogP contribution < -0.4 is 5.32 Å². The van der Waals surface area contributed by atoms with E-state index in [-0.39, 0.29) is 5.91 Å². The van der Waals surface area contributed by atoms with Crippen molar-refractivity contribution in [1.82, 2.24) is 10.3 Å². The topological polar surface area (TPSA) is 42.0 Å². The van der Waals surface area contributed by atoms with Crippen molar-refractivity contribution in [2.24, 2.45) is 0 Å². The van der Waals surface area contributed by atoms with Gasteiger partial charge in [0.2, 0.25) is 5.91 Å². The summed E-state index contributed by atoms with van der Waals surface area (Å²) in [5.74, 6) is 0.0152. The fourth-order valence-corrected chi connectivity index (χ4v) is 2.48. The first-order valence-corrected chi connectivity index (χ1v) is 6.71. The average molecular weight is 260 g/mol. The lowest BCUT2D eigenvalue weighted by Crippen LogP contribution is -2.41. The van der Waals surface area contributed by atoms with Crippen molar-refractivity contribution in [3.63, 3.8) is 0 Å². The largest absolute Gasteiger partial charge is 0.344 e. The maximum atomic E-state index is 12.0. The van der Waals surface area contributed by atoms with Crippen molar-refractivity contribution in [3.05, 3.63) is 52.5 Å². The number of rotatable bonds is 4. The maximum Gasteiger partial charge on any atom is 0.225 e. The Morgan fingerprint density at radius 2 is 2.06 bits per heavy atom. The fraction of sp³-hybridized carbons (Fsp3) is 0.286. The summed E-state index contributed by atoms with van der Waals surface area (Å²) in [6.07, 6.45) is 2.15. The minimum Gasteiger partial charge on any atom is -0.344 e. The molecule has 1 aromatic heterocycles. The van der Waals surface area contributed by atoms with Crippen LogP contribution in [0.25, 0.3) is 0 Å². The number of carbonyl (C=O) groups is 1. The van der Waals surface area contributed by atoms with Crippen molar-refractivity contribution in [2.45, 2.75) is 25.8 Å². The van der Waals surface area contributed by atoms with Gasteiger partial charge in [-0.3, -0.25) is 4.79 Å². The normalized spacial score (nSPS) is 11.2. The lowest BCUT2D eigenvalue weighted by Gasteiger charge is -2.23. The number of hydrogen-bond donors (Lipinski definition) is 1. The first-order chi connectivity index (χ1) is 8.58. The standard InChI is InChI=1S/C14H16N2OS/c1-14(2,13-15-8-9-18-13)16-12(17)10-11-6-4-3-5-7-11/h3-9H,10H2,1-2H3,(H,16,17). The van der Waals surface area contributed by atoms with Gasteiger partial charge in [0.25, 0.3) is 0 Å². The van der Waals surface area contributed by atoms with E-state index in [1.165, 1.54) is 0 Å². The average Bonchev–Trinajstić information content (AvgIpc) is 2.83. The Bertz CT molecular complexity index is 506. The number of nitrogens with zero attached hydrogens (tertiary/aromatic N) is 1. The maximum absolute atomic E-state index is 12.0. The molecule has 0 fully saturated rings. The van der Waals surface area contributed by atoms with Gasteiger partial charge < -0.3 is 5.32 Å². The van der Waals surface area contributed by atoms with E-state index >= 15 is 0 Å². The van der Waals surface area contributed by atoms with Gasteiger partial charge in [-0.15, -0.1) is 11.3 Å². The second-order valence-electron chi connectivity index (χ2n) is 4.67. The van der Waals surface area contributed by atoms with Crippen LogP contribution in [0.2, 0.25) is 0 Å². The van der Waals surface area contributed by atoms with Gasteiger partial charge >= 0.3 is 0 Å². The SMILES string of the molecule is CC(C)(NC(=O)Cc1ccccc1)c1nccs1. The van der Waals surface area contributed by atoms with E-state index in [4.69, 9.17) is 0 Å². The summed E-state index contributed by atoms with van der Waals surface area (Å²) >= 11 is 1.55. The van der Waals surface area contributed by atoms with E-state index in [1.54, 1.807) is 17.5 Å². The Labute approximate surface area is 111 Å². The molecule has 2 rings (SSSR count). The van der Waals surface area contributed by atoms with Crippen molar-refractivity contribution in [2.75, 3.05) is 0 Å². The van der Waals surface area contributed by atoms with Gasteiger partial charge in [-0.05, 0) is 19.4 Å². The molecule has 1 N–H and O–H groups in total. The molecule has 18 heavy (non-hydrogen) atoms.